The molecule has 3 N–H and O–H groups in total. The van der Waals surface area contributed by atoms with Crippen LogP contribution in [0, 0.1) is 0 Å². The third-order valence-electron chi connectivity index (χ3n) is 4.29. The zero-order chi connectivity index (χ0) is 19.7. The van der Waals surface area contributed by atoms with Crippen LogP contribution in [0.5, 0.6) is 0 Å². The summed E-state index contributed by atoms with van der Waals surface area (Å²) in [5.74, 6) is -0.502. The maximum Gasteiger partial charge on any atom is 0.420 e. The van der Waals surface area contributed by atoms with E-state index < -0.39 is 15.8 Å². The summed E-state index contributed by atoms with van der Waals surface area (Å²) in [6.07, 6.45) is 0. The van der Waals surface area contributed by atoms with Gasteiger partial charge in [-0.05, 0) is 48.0 Å². The number of oxazole rings is 1. The molecule has 0 aliphatic carbocycles. The monoisotopic (exact) mass is 395 g/mol. The average molecular weight is 395 g/mol. The van der Waals surface area contributed by atoms with Gasteiger partial charge in [-0.25, -0.2) is 13.2 Å². The molecule has 142 valence electrons. The smallest absolute Gasteiger partial charge is 0.408 e. The van der Waals surface area contributed by atoms with Crippen LogP contribution in [0.4, 0.5) is 11.4 Å². The molecular weight excluding hydrogens is 378 g/mol. The molecule has 1 aromatic heterocycles. The van der Waals surface area contributed by atoms with Crippen molar-refractivity contribution in [2.24, 2.45) is 0 Å². The fraction of sp³-hybridized carbons (Fsp3) is 0.0500. The van der Waals surface area contributed by atoms with Crippen LogP contribution in [0.25, 0.3) is 11.1 Å². The molecule has 0 atom stereocenters. The highest BCUT2D eigenvalue weighted by molar-refractivity contribution is 7.92. The van der Waals surface area contributed by atoms with E-state index >= 15 is 0 Å². The van der Waals surface area contributed by atoms with Gasteiger partial charge < -0.3 is 10.2 Å². The number of fused-ring (bicyclic) bond motifs is 1. The number of nitrogens with zero attached hydrogens (tertiary/aromatic N) is 1. The Balaban J connectivity index is 1.70. The van der Waals surface area contributed by atoms with Crippen molar-refractivity contribution in [2.45, 2.75) is 11.4 Å². The molecule has 0 saturated heterocycles. The zero-order valence-corrected chi connectivity index (χ0v) is 15.5. The first kappa shape index (κ1) is 17.9. The highest BCUT2D eigenvalue weighted by Gasteiger charge is 2.16. The average Bonchev–Trinajstić information content (AvgIpc) is 2.98. The van der Waals surface area contributed by atoms with E-state index in [1.807, 2.05) is 30.3 Å². The van der Waals surface area contributed by atoms with Gasteiger partial charge in [0.05, 0.1) is 22.6 Å². The van der Waals surface area contributed by atoms with Crippen molar-refractivity contribution in [3.05, 3.63) is 88.9 Å². The number of anilines is 2. The summed E-state index contributed by atoms with van der Waals surface area (Å²) in [4.78, 5) is 12.3. The number of nitrogens with two attached hydrogens (primary N) is 1. The Bertz CT molecular complexity index is 1290. The molecule has 28 heavy (non-hydrogen) atoms. The minimum atomic E-state index is -3.79. The first-order chi connectivity index (χ1) is 13.4. The lowest BCUT2D eigenvalue weighted by Gasteiger charge is -2.09. The molecule has 0 radical (unpaired) electrons. The van der Waals surface area contributed by atoms with Crippen LogP contribution in [0.1, 0.15) is 5.56 Å². The molecule has 0 fully saturated rings. The van der Waals surface area contributed by atoms with Gasteiger partial charge in [0.15, 0.2) is 5.58 Å². The predicted molar refractivity (Wildman–Crippen MR) is 108 cm³/mol. The molecular formula is C20H17N3O4S. The second-order valence-corrected chi connectivity index (χ2v) is 7.98. The summed E-state index contributed by atoms with van der Waals surface area (Å²) in [6, 6.07) is 20.1. The van der Waals surface area contributed by atoms with Gasteiger partial charge in [-0.1, -0.05) is 30.3 Å². The van der Waals surface area contributed by atoms with E-state index in [4.69, 9.17) is 10.2 Å². The van der Waals surface area contributed by atoms with E-state index in [0.717, 1.165) is 5.56 Å². The fourth-order valence-electron chi connectivity index (χ4n) is 2.90. The van der Waals surface area contributed by atoms with Crippen molar-refractivity contribution in [2.75, 3.05) is 10.5 Å². The number of benzene rings is 3. The summed E-state index contributed by atoms with van der Waals surface area (Å²) in [6.45, 7) is 0.320. The van der Waals surface area contributed by atoms with Gasteiger partial charge in [0.25, 0.3) is 10.0 Å². The summed E-state index contributed by atoms with van der Waals surface area (Å²) in [5, 5.41) is 0. The van der Waals surface area contributed by atoms with Crippen LogP contribution in [-0.2, 0) is 16.6 Å². The lowest BCUT2D eigenvalue weighted by atomic mass is 10.2. The first-order valence-corrected chi connectivity index (χ1v) is 9.96. The van der Waals surface area contributed by atoms with Crippen LogP contribution in [0.15, 0.2) is 86.9 Å². The van der Waals surface area contributed by atoms with Gasteiger partial charge >= 0.3 is 5.76 Å². The van der Waals surface area contributed by atoms with Crippen molar-refractivity contribution < 1.29 is 12.8 Å². The topological polar surface area (TPSA) is 107 Å². The zero-order valence-electron chi connectivity index (χ0n) is 14.7. The number of nitrogen functional groups attached to an aromatic ring is 1. The molecule has 0 aliphatic heterocycles. The van der Waals surface area contributed by atoms with E-state index in [0.29, 0.717) is 29.0 Å². The standard InChI is InChI=1S/C20H17N3O4S/c21-15-6-9-17(10-7-15)28(25,26)22-16-8-11-19-18(12-16)23(20(24)27-19)13-14-4-2-1-3-5-14/h1-12,22H,13,21H2. The molecule has 0 amide bonds. The molecule has 7 nitrogen and oxygen atoms in total. The van der Waals surface area contributed by atoms with Crippen LogP contribution in [0.3, 0.4) is 0 Å². The molecule has 0 aliphatic rings. The number of aromatic nitrogens is 1. The molecule has 0 spiro atoms. The quantitative estimate of drug-likeness (QED) is 0.505. The Morgan fingerprint density at radius 3 is 2.39 bits per heavy atom. The van der Waals surface area contributed by atoms with E-state index in [1.165, 1.54) is 28.8 Å². The minimum Gasteiger partial charge on any atom is -0.408 e. The molecule has 4 aromatic rings. The molecule has 1 heterocycles. The Hall–Kier alpha value is -3.52. The van der Waals surface area contributed by atoms with Crippen molar-refractivity contribution >= 4 is 32.5 Å². The maximum atomic E-state index is 12.6. The van der Waals surface area contributed by atoms with Gasteiger partial charge in [-0.2, -0.15) is 0 Å². The van der Waals surface area contributed by atoms with Crippen LogP contribution >= 0.6 is 0 Å². The molecule has 8 heteroatoms. The lowest BCUT2D eigenvalue weighted by Crippen LogP contribution is -2.15. The van der Waals surface area contributed by atoms with Gasteiger partial charge in [0.2, 0.25) is 0 Å². The van der Waals surface area contributed by atoms with Gasteiger partial charge in [-0.15, -0.1) is 0 Å². The second kappa shape index (κ2) is 6.90. The number of hydrogen-bond acceptors (Lipinski definition) is 5. The van der Waals surface area contributed by atoms with E-state index in [9.17, 15) is 13.2 Å². The highest BCUT2D eigenvalue weighted by atomic mass is 32.2. The van der Waals surface area contributed by atoms with E-state index in [2.05, 4.69) is 4.72 Å². The predicted octanol–water partition coefficient (Wildman–Crippen LogP) is 3.03. The van der Waals surface area contributed by atoms with Crippen molar-refractivity contribution in [3.63, 3.8) is 0 Å². The third-order valence-corrected chi connectivity index (χ3v) is 5.69. The summed E-state index contributed by atoms with van der Waals surface area (Å²) < 4.78 is 34.4. The Kier molecular flexibility index (Phi) is 4.40. The van der Waals surface area contributed by atoms with Crippen molar-refractivity contribution in [1.29, 1.82) is 0 Å². The Morgan fingerprint density at radius 2 is 1.68 bits per heavy atom. The molecule has 0 saturated carbocycles. The Labute approximate surface area is 161 Å². The number of rotatable bonds is 5. The van der Waals surface area contributed by atoms with Crippen molar-refractivity contribution in [1.82, 2.24) is 4.57 Å². The normalized spacial score (nSPS) is 11.6. The second-order valence-electron chi connectivity index (χ2n) is 6.30. The maximum absolute atomic E-state index is 12.6. The van der Waals surface area contributed by atoms with Crippen LogP contribution in [0.2, 0.25) is 0 Å². The first-order valence-electron chi connectivity index (χ1n) is 8.48. The van der Waals surface area contributed by atoms with E-state index in [-0.39, 0.29) is 4.90 Å². The SMILES string of the molecule is Nc1ccc(S(=O)(=O)Nc2ccc3oc(=O)n(Cc4ccccc4)c3c2)cc1. The lowest BCUT2D eigenvalue weighted by molar-refractivity contribution is 0.517. The van der Waals surface area contributed by atoms with Crippen LogP contribution in [-0.4, -0.2) is 13.0 Å². The van der Waals surface area contributed by atoms with Gasteiger partial charge in [-0.3, -0.25) is 9.29 Å². The Morgan fingerprint density at radius 1 is 0.964 bits per heavy atom. The number of sulfonamides is 1. The van der Waals surface area contributed by atoms with Gasteiger partial charge in [0, 0.05) is 5.69 Å². The van der Waals surface area contributed by atoms with E-state index in [1.54, 1.807) is 18.2 Å². The number of hydrogen-bond donors (Lipinski definition) is 2. The molecule has 3 aromatic carbocycles. The number of nitrogens with one attached hydrogen (secondary N) is 1. The largest absolute Gasteiger partial charge is 0.420 e. The van der Waals surface area contributed by atoms with Crippen molar-refractivity contribution in [3.8, 4) is 0 Å². The molecule has 0 unspecified atom stereocenters. The molecule has 4 rings (SSSR count). The molecule has 0 bridgehead atoms. The minimum absolute atomic E-state index is 0.0932. The van der Waals surface area contributed by atoms with Crippen LogP contribution < -0.4 is 16.2 Å². The summed E-state index contributed by atoms with van der Waals surface area (Å²) in [7, 11) is -3.79. The summed E-state index contributed by atoms with van der Waals surface area (Å²) in [5.41, 5.74) is 8.23. The third kappa shape index (κ3) is 3.49. The summed E-state index contributed by atoms with van der Waals surface area (Å²) >= 11 is 0. The highest BCUT2D eigenvalue weighted by Crippen LogP contribution is 2.22. The fourth-order valence-corrected chi connectivity index (χ4v) is 3.95. The van der Waals surface area contributed by atoms with Gasteiger partial charge in [0.1, 0.15) is 0 Å².